The molecule has 0 spiro atoms. The third kappa shape index (κ3) is 4.80. The van der Waals surface area contributed by atoms with Crippen molar-refractivity contribution in [3.63, 3.8) is 0 Å². The molecule has 0 bridgehead atoms. The summed E-state index contributed by atoms with van der Waals surface area (Å²) in [4.78, 5) is 41.6. The van der Waals surface area contributed by atoms with E-state index in [9.17, 15) is 14.0 Å². The van der Waals surface area contributed by atoms with E-state index in [4.69, 9.17) is 10.5 Å². The van der Waals surface area contributed by atoms with Crippen LogP contribution < -0.4 is 16.0 Å². The molecule has 0 saturated carbocycles. The molecule has 9 nitrogen and oxygen atoms in total. The number of ether oxygens (including phenoxy) is 1. The van der Waals surface area contributed by atoms with Gasteiger partial charge in [0.25, 0.3) is 11.5 Å². The first-order valence-corrected chi connectivity index (χ1v) is 10.1. The minimum atomic E-state index is -0.375. The van der Waals surface area contributed by atoms with Crippen molar-refractivity contribution in [2.45, 2.75) is 18.9 Å². The van der Waals surface area contributed by atoms with Crippen LogP contribution in [0.5, 0.6) is 6.01 Å². The summed E-state index contributed by atoms with van der Waals surface area (Å²) in [5.74, 6) is -0.277. The molecule has 1 amide bonds. The van der Waals surface area contributed by atoms with Crippen LogP contribution in [0.3, 0.4) is 0 Å². The number of H-pyrrole nitrogens is 1. The third-order valence-corrected chi connectivity index (χ3v) is 5.12. The number of rotatable bonds is 5. The highest BCUT2D eigenvalue weighted by Gasteiger charge is 2.23. The lowest BCUT2D eigenvalue weighted by atomic mass is 10.0. The molecule has 1 aliphatic heterocycles. The number of halogens is 1. The number of aromatic amines is 1. The van der Waals surface area contributed by atoms with Crippen molar-refractivity contribution in [1.29, 1.82) is 0 Å². The highest BCUT2D eigenvalue weighted by molar-refractivity contribution is 5.94. The summed E-state index contributed by atoms with van der Waals surface area (Å²) < 4.78 is 18.6. The van der Waals surface area contributed by atoms with Gasteiger partial charge in [0.1, 0.15) is 5.82 Å². The topological polar surface area (TPSA) is 127 Å². The summed E-state index contributed by atoms with van der Waals surface area (Å²) >= 11 is 0. The summed E-state index contributed by atoms with van der Waals surface area (Å²) in [5, 5.41) is 0.404. The van der Waals surface area contributed by atoms with E-state index in [0.717, 1.165) is 0 Å². The van der Waals surface area contributed by atoms with Crippen molar-refractivity contribution in [2.75, 3.05) is 13.1 Å². The largest absolute Gasteiger partial charge is 0.422 e. The number of nitrogens with one attached hydrogen (secondary N) is 1. The van der Waals surface area contributed by atoms with Gasteiger partial charge < -0.3 is 15.4 Å². The Balaban J connectivity index is 1.35. The molecular formula is C22H21FN6O3. The predicted molar refractivity (Wildman–Crippen MR) is 117 cm³/mol. The second kappa shape index (κ2) is 9.38. The van der Waals surface area contributed by atoms with E-state index in [2.05, 4.69) is 19.9 Å². The molecule has 0 radical (unpaired) electrons. The maximum absolute atomic E-state index is 13.1. The van der Waals surface area contributed by atoms with E-state index in [1.165, 1.54) is 49.1 Å². The number of carbonyl (C=O) groups is 1. The second-order valence-corrected chi connectivity index (χ2v) is 7.24. The number of aliphatic imine (C=N–C) groups is 1. The van der Waals surface area contributed by atoms with Gasteiger partial charge in [0, 0.05) is 31.0 Å². The molecule has 1 fully saturated rings. The molecule has 3 N–H and O–H groups in total. The fourth-order valence-electron chi connectivity index (χ4n) is 3.40. The van der Waals surface area contributed by atoms with E-state index in [1.54, 1.807) is 11.0 Å². The number of amides is 1. The highest BCUT2D eigenvalue weighted by Crippen LogP contribution is 2.17. The van der Waals surface area contributed by atoms with Crippen LogP contribution in [0, 0.1) is 5.82 Å². The normalized spacial score (nSPS) is 15.4. The predicted octanol–water partition coefficient (Wildman–Crippen LogP) is 2.01. The number of benzene rings is 1. The average molecular weight is 436 g/mol. The summed E-state index contributed by atoms with van der Waals surface area (Å²) in [6, 6.07) is 7.06. The number of aromatic nitrogens is 3. The molecule has 0 atom stereocenters. The first-order chi connectivity index (χ1) is 15.5. The van der Waals surface area contributed by atoms with E-state index in [-0.39, 0.29) is 35.1 Å². The molecular weight excluding hydrogens is 415 g/mol. The Kier molecular flexibility index (Phi) is 6.20. The van der Waals surface area contributed by atoms with Gasteiger partial charge in [-0.2, -0.15) is 4.98 Å². The Bertz CT molecular complexity index is 1230. The van der Waals surface area contributed by atoms with Crippen molar-refractivity contribution >= 4 is 23.0 Å². The standard InChI is InChI=1S/C22H21FN6O3/c23-15-3-1-14(2-4-15)21(31)29-9-6-16(7-10-29)26-12-17(11-24)32-22-27-19-13-25-8-5-18(19)20(30)28-22/h1-5,8,11-13,16H,6-7,9-10,24H2,(H,27,28,30). The smallest absolute Gasteiger partial charge is 0.302 e. The van der Waals surface area contributed by atoms with Gasteiger partial charge in [-0.15, -0.1) is 0 Å². The van der Waals surface area contributed by atoms with Crippen LogP contribution in [0.1, 0.15) is 23.2 Å². The average Bonchev–Trinajstić information content (AvgIpc) is 2.82. The SMILES string of the molecule is NC=C(C=NC1CCN(C(=O)c2ccc(F)cc2)CC1)Oc1nc2cnccc2c(=O)[nH]1. The summed E-state index contributed by atoms with van der Waals surface area (Å²) in [6.07, 6.45) is 7.02. The number of fused-ring (bicyclic) bond motifs is 1. The number of nitrogens with two attached hydrogens (primary N) is 1. The van der Waals surface area contributed by atoms with Crippen LogP contribution in [0.15, 0.2) is 64.5 Å². The first kappa shape index (κ1) is 21.2. The van der Waals surface area contributed by atoms with E-state index >= 15 is 0 Å². The van der Waals surface area contributed by atoms with Crippen LogP contribution in [-0.2, 0) is 0 Å². The lowest BCUT2D eigenvalue weighted by Crippen LogP contribution is -2.39. The number of nitrogens with zero attached hydrogens (tertiary/aromatic N) is 4. The second-order valence-electron chi connectivity index (χ2n) is 7.24. The van der Waals surface area contributed by atoms with Gasteiger partial charge in [0.2, 0.25) is 0 Å². The summed E-state index contributed by atoms with van der Waals surface area (Å²) in [5.41, 5.74) is 6.15. The molecule has 1 saturated heterocycles. The maximum atomic E-state index is 13.1. The third-order valence-electron chi connectivity index (χ3n) is 5.12. The van der Waals surface area contributed by atoms with Gasteiger partial charge in [-0.05, 0) is 43.2 Å². The Hall–Kier alpha value is -4.08. The van der Waals surface area contributed by atoms with Crippen molar-refractivity contribution in [3.8, 4) is 6.01 Å². The molecule has 1 aromatic carbocycles. The lowest BCUT2D eigenvalue weighted by Gasteiger charge is -2.30. The number of allylic oxidation sites excluding steroid dienone is 1. The van der Waals surface area contributed by atoms with Crippen molar-refractivity contribution in [3.05, 3.63) is 76.4 Å². The summed E-state index contributed by atoms with van der Waals surface area (Å²) in [7, 11) is 0. The quantitative estimate of drug-likeness (QED) is 0.465. The molecule has 3 heterocycles. The zero-order chi connectivity index (χ0) is 22.5. The number of hydrogen-bond donors (Lipinski definition) is 2. The van der Waals surface area contributed by atoms with Crippen molar-refractivity contribution in [1.82, 2.24) is 19.9 Å². The number of piperidine rings is 1. The van der Waals surface area contributed by atoms with Crippen molar-refractivity contribution in [2.24, 2.45) is 10.7 Å². The Morgan fingerprint density at radius 3 is 2.72 bits per heavy atom. The maximum Gasteiger partial charge on any atom is 0.302 e. The van der Waals surface area contributed by atoms with Crippen LogP contribution in [-0.4, -0.2) is 51.1 Å². The number of pyridine rings is 1. The van der Waals surface area contributed by atoms with Gasteiger partial charge in [0.05, 0.1) is 29.4 Å². The van der Waals surface area contributed by atoms with E-state index in [1.807, 2.05) is 0 Å². The number of carbonyl (C=O) groups excluding carboxylic acids is 1. The minimum absolute atomic E-state index is 0.0152. The molecule has 10 heteroatoms. The number of likely N-dealkylation sites (tertiary alicyclic amines) is 1. The van der Waals surface area contributed by atoms with Gasteiger partial charge in [-0.1, -0.05) is 0 Å². The molecule has 3 aromatic rings. The van der Waals surface area contributed by atoms with Gasteiger partial charge >= 0.3 is 6.01 Å². The Labute approximate surface area is 182 Å². The number of hydrogen-bond acceptors (Lipinski definition) is 7. The van der Waals surface area contributed by atoms with Gasteiger partial charge in [0.15, 0.2) is 5.76 Å². The zero-order valence-electron chi connectivity index (χ0n) is 17.1. The van der Waals surface area contributed by atoms with Gasteiger partial charge in [-0.25, -0.2) is 4.39 Å². The molecule has 4 rings (SSSR count). The zero-order valence-corrected chi connectivity index (χ0v) is 17.1. The molecule has 164 valence electrons. The molecule has 0 unspecified atom stereocenters. The van der Waals surface area contributed by atoms with E-state index in [0.29, 0.717) is 42.4 Å². The fraction of sp³-hybridized carbons (Fsp3) is 0.227. The van der Waals surface area contributed by atoms with Gasteiger partial charge in [-0.3, -0.25) is 24.5 Å². The van der Waals surface area contributed by atoms with Crippen LogP contribution in [0.2, 0.25) is 0 Å². The highest BCUT2D eigenvalue weighted by atomic mass is 19.1. The first-order valence-electron chi connectivity index (χ1n) is 10.1. The Morgan fingerprint density at radius 2 is 2.00 bits per heavy atom. The monoisotopic (exact) mass is 436 g/mol. The summed E-state index contributed by atoms with van der Waals surface area (Å²) in [6.45, 7) is 1.07. The Morgan fingerprint density at radius 1 is 1.25 bits per heavy atom. The fourth-order valence-corrected chi connectivity index (χ4v) is 3.40. The van der Waals surface area contributed by atoms with Crippen LogP contribution >= 0.6 is 0 Å². The van der Waals surface area contributed by atoms with Crippen molar-refractivity contribution < 1.29 is 13.9 Å². The molecule has 2 aromatic heterocycles. The molecule has 0 aliphatic carbocycles. The minimum Gasteiger partial charge on any atom is -0.422 e. The van der Waals surface area contributed by atoms with E-state index < -0.39 is 0 Å². The molecule has 1 aliphatic rings. The lowest BCUT2D eigenvalue weighted by molar-refractivity contribution is 0.0715. The van der Waals surface area contributed by atoms with Crippen LogP contribution in [0.25, 0.3) is 10.9 Å². The van der Waals surface area contributed by atoms with Crippen LogP contribution in [0.4, 0.5) is 4.39 Å². The molecule has 32 heavy (non-hydrogen) atoms.